The molecule has 0 spiro atoms. The average Bonchev–Trinajstić information content (AvgIpc) is 2.76. The Hall–Kier alpha value is -0.840. The molecule has 0 bridgehead atoms. The molecule has 2 rings (SSSR count). The fourth-order valence-corrected chi connectivity index (χ4v) is 2.55. The fourth-order valence-electron chi connectivity index (χ4n) is 1.30. The Morgan fingerprint density at radius 1 is 1.29 bits per heavy atom. The second-order valence-corrected chi connectivity index (χ2v) is 5.45. The van der Waals surface area contributed by atoms with Crippen LogP contribution in [-0.2, 0) is 13.0 Å². The van der Waals surface area contributed by atoms with Gasteiger partial charge in [0.2, 0.25) is 0 Å². The number of pyridine rings is 1. The van der Waals surface area contributed by atoms with Crippen LogP contribution in [0.4, 0.5) is 5.82 Å². The lowest BCUT2D eigenvalue weighted by molar-refractivity contribution is 1.07. The third kappa shape index (κ3) is 3.31. The molecule has 0 unspecified atom stereocenters. The number of aromatic nitrogens is 2. The predicted molar refractivity (Wildman–Crippen MR) is 73.1 cm³/mol. The summed E-state index contributed by atoms with van der Waals surface area (Å²) in [5.41, 5.74) is 0. The molecule has 90 valence electrons. The van der Waals surface area contributed by atoms with Gasteiger partial charge in [0.15, 0.2) is 0 Å². The summed E-state index contributed by atoms with van der Waals surface area (Å²) in [5.74, 6) is 0.629. The van der Waals surface area contributed by atoms with Crippen LogP contribution in [0.15, 0.2) is 18.5 Å². The zero-order valence-electron chi connectivity index (χ0n) is 9.20. The van der Waals surface area contributed by atoms with Gasteiger partial charge in [0.25, 0.3) is 0 Å². The van der Waals surface area contributed by atoms with Gasteiger partial charge in [-0.1, -0.05) is 30.1 Å². The maximum atomic E-state index is 6.00. The number of hydrogen-bond acceptors (Lipinski definition) is 4. The van der Waals surface area contributed by atoms with E-state index in [4.69, 9.17) is 23.2 Å². The van der Waals surface area contributed by atoms with Crippen molar-refractivity contribution in [2.45, 2.75) is 19.9 Å². The highest BCUT2D eigenvalue weighted by Gasteiger charge is 2.04. The van der Waals surface area contributed by atoms with Crippen molar-refractivity contribution in [1.29, 1.82) is 0 Å². The Kier molecular flexibility index (Phi) is 4.20. The molecule has 0 fully saturated rings. The molecule has 2 aromatic heterocycles. The van der Waals surface area contributed by atoms with Gasteiger partial charge in [-0.2, -0.15) is 0 Å². The maximum absolute atomic E-state index is 6.00. The standard InChI is InChI=1S/C11H11Cl2N3S/c1-2-8-5-14-10(17-8)6-16-11-9(13)3-7(12)4-15-11/h3-5H,2,6H2,1H3,(H,15,16). The van der Waals surface area contributed by atoms with Gasteiger partial charge < -0.3 is 5.32 Å². The molecule has 2 aromatic rings. The molecule has 0 saturated carbocycles. The van der Waals surface area contributed by atoms with Crippen molar-refractivity contribution in [2.75, 3.05) is 5.32 Å². The molecule has 0 aliphatic heterocycles. The molecule has 0 aliphatic rings. The molecule has 0 aliphatic carbocycles. The van der Waals surface area contributed by atoms with Crippen LogP contribution in [0.2, 0.25) is 10.0 Å². The molecular formula is C11H11Cl2N3S. The van der Waals surface area contributed by atoms with Crippen molar-refractivity contribution >= 4 is 40.4 Å². The topological polar surface area (TPSA) is 37.8 Å². The molecule has 2 heterocycles. The molecule has 0 aromatic carbocycles. The minimum atomic E-state index is 0.518. The van der Waals surface area contributed by atoms with Crippen molar-refractivity contribution in [2.24, 2.45) is 0 Å². The predicted octanol–water partition coefficient (Wildman–Crippen LogP) is 4.02. The van der Waals surface area contributed by atoms with Crippen LogP contribution in [0.3, 0.4) is 0 Å². The smallest absolute Gasteiger partial charge is 0.145 e. The minimum absolute atomic E-state index is 0.518. The summed E-state index contributed by atoms with van der Waals surface area (Å²) < 4.78 is 0. The van der Waals surface area contributed by atoms with E-state index in [1.807, 2.05) is 6.20 Å². The Morgan fingerprint density at radius 3 is 2.76 bits per heavy atom. The summed E-state index contributed by atoms with van der Waals surface area (Å²) in [7, 11) is 0. The molecule has 3 nitrogen and oxygen atoms in total. The monoisotopic (exact) mass is 287 g/mol. The van der Waals surface area contributed by atoms with Crippen LogP contribution in [0.25, 0.3) is 0 Å². The van der Waals surface area contributed by atoms with Crippen LogP contribution < -0.4 is 5.32 Å². The maximum Gasteiger partial charge on any atom is 0.145 e. The van der Waals surface area contributed by atoms with Gasteiger partial charge in [-0.3, -0.25) is 0 Å². The molecule has 0 atom stereocenters. The van der Waals surface area contributed by atoms with E-state index < -0.39 is 0 Å². The highest BCUT2D eigenvalue weighted by atomic mass is 35.5. The van der Waals surface area contributed by atoms with Gasteiger partial charge in [0.05, 0.1) is 16.6 Å². The van der Waals surface area contributed by atoms with Gasteiger partial charge in [-0.25, -0.2) is 9.97 Å². The Bertz CT molecular complexity index is 513. The van der Waals surface area contributed by atoms with Crippen LogP contribution in [0, 0.1) is 0 Å². The number of nitrogens with zero attached hydrogens (tertiary/aromatic N) is 2. The van der Waals surface area contributed by atoms with Crippen molar-refractivity contribution in [3.8, 4) is 0 Å². The van der Waals surface area contributed by atoms with Crippen molar-refractivity contribution in [3.63, 3.8) is 0 Å². The highest BCUT2D eigenvalue weighted by molar-refractivity contribution is 7.11. The number of halogens is 2. The lowest BCUT2D eigenvalue weighted by Gasteiger charge is -2.05. The molecule has 1 N–H and O–H groups in total. The zero-order chi connectivity index (χ0) is 12.3. The second-order valence-electron chi connectivity index (χ2n) is 3.41. The van der Waals surface area contributed by atoms with Gasteiger partial charge in [-0.15, -0.1) is 11.3 Å². The van der Waals surface area contributed by atoms with Gasteiger partial charge >= 0.3 is 0 Å². The number of anilines is 1. The first-order valence-corrected chi connectivity index (χ1v) is 6.74. The first-order valence-electron chi connectivity index (χ1n) is 5.17. The van der Waals surface area contributed by atoms with Crippen molar-refractivity contribution < 1.29 is 0 Å². The normalized spacial score (nSPS) is 10.5. The molecule has 6 heteroatoms. The van der Waals surface area contributed by atoms with E-state index in [-0.39, 0.29) is 0 Å². The van der Waals surface area contributed by atoms with Gasteiger partial charge in [0.1, 0.15) is 10.8 Å². The van der Waals surface area contributed by atoms with E-state index in [0.29, 0.717) is 22.4 Å². The van der Waals surface area contributed by atoms with Crippen LogP contribution in [0.5, 0.6) is 0 Å². The minimum Gasteiger partial charge on any atom is -0.362 e. The second kappa shape index (κ2) is 5.67. The third-order valence-electron chi connectivity index (χ3n) is 2.16. The average molecular weight is 288 g/mol. The fraction of sp³-hybridized carbons (Fsp3) is 0.273. The highest BCUT2D eigenvalue weighted by Crippen LogP contribution is 2.23. The van der Waals surface area contributed by atoms with Crippen LogP contribution in [-0.4, -0.2) is 9.97 Å². The Balaban J connectivity index is 2.02. The first-order chi connectivity index (χ1) is 8.19. The van der Waals surface area contributed by atoms with Gasteiger partial charge in [0, 0.05) is 17.3 Å². The molecule has 0 saturated heterocycles. The van der Waals surface area contributed by atoms with E-state index in [1.54, 1.807) is 23.6 Å². The van der Waals surface area contributed by atoms with Crippen molar-refractivity contribution in [1.82, 2.24) is 9.97 Å². The van der Waals surface area contributed by atoms with Crippen molar-refractivity contribution in [3.05, 3.63) is 38.4 Å². The van der Waals surface area contributed by atoms with E-state index in [9.17, 15) is 0 Å². The summed E-state index contributed by atoms with van der Waals surface area (Å²) in [4.78, 5) is 9.71. The summed E-state index contributed by atoms with van der Waals surface area (Å²) in [6.45, 7) is 2.74. The number of hydrogen-bond donors (Lipinski definition) is 1. The largest absolute Gasteiger partial charge is 0.362 e. The Labute approximate surface area is 114 Å². The summed E-state index contributed by atoms with van der Waals surface area (Å²) in [6, 6.07) is 1.66. The van der Waals surface area contributed by atoms with E-state index in [1.165, 1.54) is 4.88 Å². The molecule has 0 amide bonds. The summed E-state index contributed by atoms with van der Waals surface area (Å²) in [6.07, 6.45) is 4.48. The first kappa shape index (κ1) is 12.6. The van der Waals surface area contributed by atoms with Gasteiger partial charge in [-0.05, 0) is 12.5 Å². The summed E-state index contributed by atoms with van der Waals surface area (Å²) >= 11 is 13.5. The lowest BCUT2D eigenvalue weighted by atomic mass is 10.4. The number of nitrogens with one attached hydrogen (secondary N) is 1. The quantitative estimate of drug-likeness (QED) is 0.923. The zero-order valence-corrected chi connectivity index (χ0v) is 11.5. The molecule has 17 heavy (non-hydrogen) atoms. The SMILES string of the molecule is CCc1cnc(CNc2ncc(Cl)cc2Cl)s1. The molecular weight excluding hydrogens is 277 g/mol. The Morgan fingerprint density at radius 2 is 2.12 bits per heavy atom. The number of rotatable bonds is 4. The third-order valence-corrected chi connectivity index (χ3v) is 3.80. The molecule has 0 radical (unpaired) electrons. The van der Waals surface area contributed by atoms with E-state index in [0.717, 1.165) is 11.4 Å². The summed E-state index contributed by atoms with van der Waals surface area (Å²) in [5, 5.41) is 5.21. The number of aryl methyl sites for hydroxylation is 1. The lowest BCUT2D eigenvalue weighted by Crippen LogP contribution is -2.01. The van der Waals surface area contributed by atoms with Crippen LogP contribution in [0.1, 0.15) is 16.8 Å². The van der Waals surface area contributed by atoms with E-state index in [2.05, 4.69) is 22.2 Å². The van der Waals surface area contributed by atoms with Crippen LogP contribution >= 0.6 is 34.5 Å². The van der Waals surface area contributed by atoms with E-state index >= 15 is 0 Å². The number of thiazole rings is 1.